The minimum atomic E-state index is -0.240. The summed E-state index contributed by atoms with van der Waals surface area (Å²) in [5, 5.41) is 0. The summed E-state index contributed by atoms with van der Waals surface area (Å²) in [4.78, 5) is 0. The van der Waals surface area contributed by atoms with Crippen LogP contribution in [0.25, 0.3) is 0 Å². The van der Waals surface area contributed by atoms with Gasteiger partial charge >= 0.3 is 0 Å². The number of hydrogen-bond acceptors (Lipinski definition) is 2. The Bertz CT molecular complexity index is 549. The fraction of sp³-hybridized carbons (Fsp3) is 0.250. The number of hydrogen-bond donors (Lipinski definition) is 1. The van der Waals surface area contributed by atoms with Gasteiger partial charge in [-0.2, -0.15) is 0 Å². The van der Waals surface area contributed by atoms with E-state index in [9.17, 15) is 4.39 Å². The Kier molecular flexibility index (Phi) is 4.17. The van der Waals surface area contributed by atoms with Crippen LogP contribution in [0.1, 0.15) is 29.7 Å². The van der Waals surface area contributed by atoms with Gasteiger partial charge in [-0.25, -0.2) is 4.39 Å². The zero-order valence-corrected chi connectivity index (χ0v) is 11.2. The molecule has 0 aliphatic heterocycles. The molecule has 2 aromatic carbocycles. The maximum atomic E-state index is 12.8. The standard InChI is InChI=1S/C16H18FNO/c1-11-3-8-15(12(2)18)16(9-11)19-10-13-4-6-14(17)7-5-13/h3-9,12H,10,18H2,1-2H3/t12-/m1/s1. The molecule has 0 aromatic heterocycles. The average Bonchev–Trinajstić information content (AvgIpc) is 2.38. The molecule has 2 nitrogen and oxygen atoms in total. The topological polar surface area (TPSA) is 35.2 Å². The van der Waals surface area contributed by atoms with Crippen LogP contribution >= 0.6 is 0 Å². The lowest BCUT2D eigenvalue weighted by Crippen LogP contribution is -2.08. The van der Waals surface area contributed by atoms with E-state index in [2.05, 4.69) is 0 Å². The molecule has 0 heterocycles. The van der Waals surface area contributed by atoms with E-state index in [0.29, 0.717) is 6.61 Å². The van der Waals surface area contributed by atoms with Crippen molar-refractivity contribution in [2.75, 3.05) is 0 Å². The van der Waals surface area contributed by atoms with Crippen molar-refractivity contribution >= 4 is 0 Å². The highest BCUT2D eigenvalue weighted by Crippen LogP contribution is 2.26. The molecule has 0 bridgehead atoms. The number of ether oxygens (including phenoxy) is 1. The molecule has 0 radical (unpaired) electrons. The van der Waals surface area contributed by atoms with Crippen molar-refractivity contribution in [1.29, 1.82) is 0 Å². The first-order valence-corrected chi connectivity index (χ1v) is 6.29. The van der Waals surface area contributed by atoms with Crippen molar-refractivity contribution in [3.8, 4) is 5.75 Å². The first kappa shape index (κ1) is 13.6. The van der Waals surface area contributed by atoms with Gasteiger partial charge in [0.1, 0.15) is 18.2 Å². The lowest BCUT2D eigenvalue weighted by molar-refractivity contribution is 0.301. The molecule has 0 spiro atoms. The van der Waals surface area contributed by atoms with E-state index in [-0.39, 0.29) is 11.9 Å². The lowest BCUT2D eigenvalue weighted by Gasteiger charge is -2.15. The summed E-state index contributed by atoms with van der Waals surface area (Å²) in [7, 11) is 0. The molecule has 2 rings (SSSR count). The van der Waals surface area contributed by atoms with Crippen LogP contribution in [-0.4, -0.2) is 0 Å². The van der Waals surface area contributed by atoms with Crippen molar-refractivity contribution in [3.63, 3.8) is 0 Å². The lowest BCUT2D eigenvalue weighted by atomic mass is 10.1. The first-order valence-electron chi connectivity index (χ1n) is 6.29. The molecule has 0 unspecified atom stereocenters. The van der Waals surface area contributed by atoms with Crippen molar-refractivity contribution < 1.29 is 9.13 Å². The Morgan fingerprint density at radius 3 is 2.47 bits per heavy atom. The highest BCUT2D eigenvalue weighted by atomic mass is 19.1. The molecule has 0 saturated heterocycles. The van der Waals surface area contributed by atoms with Crippen LogP contribution < -0.4 is 10.5 Å². The summed E-state index contributed by atoms with van der Waals surface area (Å²) in [5.74, 6) is 0.551. The molecular weight excluding hydrogens is 241 g/mol. The third-order valence-corrected chi connectivity index (χ3v) is 2.97. The number of halogens is 1. The summed E-state index contributed by atoms with van der Waals surface area (Å²) < 4.78 is 18.6. The second kappa shape index (κ2) is 5.85. The van der Waals surface area contributed by atoms with E-state index >= 15 is 0 Å². The van der Waals surface area contributed by atoms with Gasteiger partial charge in [0.25, 0.3) is 0 Å². The zero-order valence-electron chi connectivity index (χ0n) is 11.2. The SMILES string of the molecule is Cc1ccc([C@@H](C)N)c(OCc2ccc(F)cc2)c1. The Morgan fingerprint density at radius 2 is 1.84 bits per heavy atom. The minimum absolute atomic E-state index is 0.0798. The fourth-order valence-electron chi connectivity index (χ4n) is 1.88. The van der Waals surface area contributed by atoms with Gasteiger partial charge in [-0.1, -0.05) is 24.3 Å². The molecule has 1 atom stereocenters. The maximum absolute atomic E-state index is 12.8. The summed E-state index contributed by atoms with van der Waals surface area (Å²) in [6.07, 6.45) is 0. The van der Waals surface area contributed by atoms with E-state index in [1.165, 1.54) is 12.1 Å². The van der Waals surface area contributed by atoms with Gasteiger partial charge in [0, 0.05) is 11.6 Å². The molecule has 0 aliphatic rings. The van der Waals surface area contributed by atoms with E-state index in [1.54, 1.807) is 12.1 Å². The van der Waals surface area contributed by atoms with Crippen LogP contribution in [-0.2, 0) is 6.61 Å². The van der Waals surface area contributed by atoms with E-state index < -0.39 is 0 Å². The molecule has 0 saturated carbocycles. The third kappa shape index (κ3) is 3.55. The maximum Gasteiger partial charge on any atom is 0.124 e. The highest BCUT2D eigenvalue weighted by molar-refractivity contribution is 5.39. The molecule has 0 fully saturated rings. The average molecular weight is 259 g/mol. The molecule has 19 heavy (non-hydrogen) atoms. The van der Waals surface area contributed by atoms with Crippen molar-refractivity contribution in [2.24, 2.45) is 5.73 Å². The Balaban J connectivity index is 2.14. The van der Waals surface area contributed by atoms with Crippen LogP contribution in [0.2, 0.25) is 0 Å². The van der Waals surface area contributed by atoms with E-state index in [1.807, 2.05) is 32.0 Å². The van der Waals surface area contributed by atoms with Crippen LogP contribution in [0.3, 0.4) is 0 Å². The smallest absolute Gasteiger partial charge is 0.124 e. The molecule has 0 amide bonds. The van der Waals surface area contributed by atoms with Crippen LogP contribution in [0.5, 0.6) is 5.75 Å². The largest absolute Gasteiger partial charge is 0.489 e. The van der Waals surface area contributed by atoms with Crippen LogP contribution in [0, 0.1) is 12.7 Å². The van der Waals surface area contributed by atoms with Gasteiger partial charge in [0.15, 0.2) is 0 Å². The van der Waals surface area contributed by atoms with Crippen molar-refractivity contribution in [2.45, 2.75) is 26.5 Å². The normalized spacial score (nSPS) is 12.2. The Labute approximate surface area is 113 Å². The third-order valence-electron chi connectivity index (χ3n) is 2.97. The monoisotopic (exact) mass is 259 g/mol. The predicted molar refractivity (Wildman–Crippen MR) is 74.5 cm³/mol. The van der Waals surface area contributed by atoms with E-state index in [4.69, 9.17) is 10.5 Å². The van der Waals surface area contributed by atoms with Gasteiger partial charge in [-0.15, -0.1) is 0 Å². The fourth-order valence-corrected chi connectivity index (χ4v) is 1.88. The Morgan fingerprint density at radius 1 is 1.16 bits per heavy atom. The predicted octanol–water partition coefficient (Wildman–Crippen LogP) is 3.73. The number of benzene rings is 2. The van der Waals surface area contributed by atoms with Crippen molar-refractivity contribution in [1.82, 2.24) is 0 Å². The van der Waals surface area contributed by atoms with Gasteiger partial charge < -0.3 is 10.5 Å². The molecule has 0 aliphatic carbocycles. The molecule has 2 aromatic rings. The summed E-state index contributed by atoms with van der Waals surface area (Å²) in [5.41, 5.74) is 8.96. The minimum Gasteiger partial charge on any atom is -0.489 e. The summed E-state index contributed by atoms with van der Waals surface area (Å²) in [6, 6.07) is 12.2. The quantitative estimate of drug-likeness (QED) is 0.908. The first-order chi connectivity index (χ1) is 9.06. The zero-order chi connectivity index (χ0) is 13.8. The van der Waals surface area contributed by atoms with Crippen LogP contribution in [0.4, 0.5) is 4.39 Å². The Hall–Kier alpha value is -1.87. The second-order valence-corrected chi connectivity index (χ2v) is 4.75. The number of rotatable bonds is 4. The van der Waals surface area contributed by atoms with Gasteiger partial charge in [0.2, 0.25) is 0 Å². The highest BCUT2D eigenvalue weighted by Gasteiger charge is 2.08. The number of nitrogens with two attached hydrogens (primary N) is 1. The molecule has 2 N–H and O–H groups in total. The van der Waals surface area contributed by atoms with Gasteiger partial charge in [-0.3, -0.25) is 0 Å². The molecule has 100 valence electrons. The number of aryl methyl sites for hydroxylation is 1. The van der Waals surface area contributed by atoms with Gasteiger partial charge in [0.05, 0.1) is 0 Å². The van der Waals surface area contributed by atoms with E-state index in [0.717, 1.165) is 22.4 Å². The van der Waals surface area contributed by atoms with Gasteiger partial charge in [-0.05, 0) is 43.2 Å². The molecular formula is C16H18FNO. The summed E-state index contributed by atoms with van der Waals surface area (Å²) in [6.45, 7) is 4.34. The van der Waals surface area contributed by atoms with Crippen LogP contribution in [0.15, 0.2) is 42.5 Å². The van der Waals surface area contributed by atoms with Crippen molar-refractivity contribution in [3.05, 3.63) is 65.0 Å². The molecule has 3 heteroatoms. The summed E-state index contributed by atoms with van der Waals surface area (Å²) >= 11 is 0. The second-order valence-electron chi connectivity index (χ2n) is 4.75.